The molecule has 11 aromatic rings. The van der Waals surface area contributed by atoms with Crippen molar-refractivity contribution in [3.63, 3.8) is 0 Å². The molecule has 5 heteroatoms. The van der Waals surface area contributed by atoms with Crippen molar-refractivity contribution in [3.05, 3.63) is 176 Å². The predicted molar refractivity (Wildman–Crippen MR) is 222 cm³/mol. The number of hydrogen-bond acceptors (Lipinski definition) is 5. The monoisotopic (exact) mass is 687 g/mol. The van der Waals surface area contributed by atoms with E-state index in [9.17, 15) is 0 Å². The van der Waals surface area contributed by atoms with Crippen molar-refractivity contribution in [1.82, 2.24) is 24.9 Å². The SMILES string of the molecule is c1ccc2c(-c3ccc4ccc(-c5ccc6ccc(-c7ccc(-c8ccc9ccc%10cccnc%10c9n8)c8ccccc78)nc6c5)cc4n3)cncc2c1. The van der Waals surface area contributed by atoms with Gasteiger partial charge in [0.25, 0.3) is 0 Å². The Morgan fingerprint density at radius 2 is 0.852 bits per heavy atom. The van der Waals surface area contributed by atoms with Crippen LogP contribution in [0.5, 0.6) is 0 Å². The van der Waals surface area contributed by atoms with Crippen molar-refractivity contribution in [1.29, 1.82) is 0 Å². The molecule has 0 aliphatic carbocycles. The molecule has 0 N–H and O–H groups in total. The second-order valence-electron chi connectivity index (χ2n) is 13.7. The van der Waals surface area contributed by atoms with Gasteiger partial charge in [-0.15, -0.1) is 0 Å². The van der Waals surface area contributed by atoms with Gasteiger partial charge in [-0.2, -0.15) is 0 Å². The van der Waals surface area contributed by atoms with Gasteiger partial charge < -0.3 is 0 Å². The third kappa shape index (κ3) is 4.98. The van der Waals surface area contributed by atoms with Crippen LogP contribution in [0.3, 0.4) is 0 Å². The van der Waals surface area contributed by atoms with Crippen LogP contribution in [0, 0.1) is 0 Å². The van der Waals surface area contributed by atoms with Gasteiger partial charge >= 0.3 is 0 Å². The molecule has 0 atom stereocenters. The van der Waals surface area contributed by atoms with Gasteiger partial charge in [-0.25, -0.2) is 15.0 Å². The maximum Gasteiger partial charge on any atom is 0.0972 e. The lowest BCUT2D eigenvalue weighted by atomic mass is 9.95. The van der Waals surface area contributed by atoms with E-state index in [2.05, 4.69) is 156 Å². The van der Waals surface area contributed by atoms with E-state index in [1.54, 1.807) is 0 Å². The summed E-state index contributed by atoms with van der Waals surface area (Å²) in [6.45, 7) is 0. The first-order valence-electron chi connectivity index (χ1n) is 18.1. The van der Waals surface area contributed by atoms with E-state index in [0.29, 0.717) is 0 Å². The Kier molecular flexibility index (Phi) is 6.79. The molecular weight excluding hydrogens is 659 g/mol. The fourth-order valence-corrected chi connectivity index (χ4v) is 7.83. The van der Waals surface area contributed by atoms with Crippen LogP contribution in [0.2, 0.25) is 0 Å². The fourth-order valence-electron chi connectivity index (χ4n) is 7.83. The molecule has 0 spiro atoms. The van der Waals surface area contributed by atoms with E-state index in [1.165, 1.54) is 0 Å². The van der Waals surface area contributed by atoms with Gasteiger partial charge in [0.1, 0.15) is 0 Å². The van der Waals surface area contributed by atoms with E-state index in [1.807, 2.05) is 30.7 Å². The van der Waals surface area contributed by atoms with Gasteiger partial charge in [-0.05, 0) is 63.7 Å². The van der Waals surface area contributed by atoms with Crippen LogP contribution >= 0.6 is 0 Å². The van der Waals surface area contributed by atoms with Crippen LogP contribution < -0.4 is 0 Å². The van der Waals surface area contributed by atoms with Gasteiger partial charge in [-0.3, -0.25) is 9.97 Å². The van der Waals surface area contributed by atoms with Crippen molar-refractivity contribution in [2.45, 2.75) is 0 Å². The molecular formula is C49H29N5. The Hall–Kier alpha value is -7.37. The molecule has 0 fully saturated rings. The molecule has 5 aromatic heterocycles. The Balaban J connectivity index is 0.985. The molecule has 0 unspecified atom stereocenters. The standard InChI is InChI=1S/C49H29N5/c1-2-8-37-36(6-1)28-50-29-42(37)45-23-18-31-12-16-35(27-47(31)53-45)34-15-11-30-17-22-43(52-46(30)26-34)40-20-21-41(39-10-4-3-9-38(39)40)44-24-19-33-14-13-32-7-5-25-51-48(32)49(33)54-44/h1-29H. The van der Waals surface area contributed by atoms with Gasteiger partial charge in [-0.1, -0.05) is 121 Å². The zero-order valence-corrected chi connectivity index (χ0v) is 29.0. The lowest BCUT2D eigenvalue weighted by Crippen LogP contribution is -1.92. The number of hydrogen-bond donors (Lipinski definition) is 0. The summed E-state index contributed by atoms with van der Waals surface area (Å²) in [6, 6.07) is 55.3. The van der Waals surface area contributed by atoms with Crippen LogP contribution in [0.4, 0.5) is 0 Å². The predicted octanol–water partition coefficient (Wildman–Crippen LogP) is 12.2. The fraction of sp³-hybridized carbons (Fsp3) is 0. The maximum absolute atomic E-state index is 5.26. The zero-order valence-electron chi connectivity index (χ0n) is 29.0. The quantitative estimate of drug-likeness (QED) is 0.172. The van der Waals surface area contributed by atoms with Crippen molar-refractivity contribution in [2.24, 2.45) is 0 Å². The molecule has 0 aliphatic heterocycles. The molecule has 54 heavy (non-hydrogen) atoms. The molecule has 0 saturated heterocycles. The lowest BCUT2D eigenvalue weighted by molar-refractivity contribution is 1.33. The van der Waals surface area contributed by atoms with E-state index >= 15 is 0 Å². The highest BCUT2D eigenvalue weighted by atomic mass is 14.8. The van der Waals surface area contributed by atoms with Crippen molar-refractivity contribution in [2.75, 3.05) is 0 Å². The minimum atomic E-state index is 0.911. The highest BCUT2D eigenvalue weighted by Gasteiger charge is 2.14. The number of nitrogens with zero attached hydrogens (tertiary/aromatic N) is 5. The molecule has 0 saturated carbocycles. The largest absolute Gasteiger partial charge is 0.263 e. The number of rotatable bonds is 4. The minimum Gasteiger partial charge on any atom is -0.263 e. The minimum absolute atomic E-state index is 0.911. The maximum atomic E-state index is 5.26. The van der Waals surface area contributed by atoms with Gasteiger partial charge in [0.2, 0.25) is 0 Å². The Bertz CT molecular complexity index is 3290. The molecule has 250 valence electrons. The number of fused-ring (bicyclic) bond motifs is 7. The van der Waals surface area contributed by atoms with Crippen LogP contribution in [-0.4, -0.2) is 24.9 Å². The summed E-state index contributed by atoms with van der Waals surface area (Å²) in [5.41, 5.74) is 11.9. The summed E-state index contributed by atoms with van der Waals surface area (Å²) in [4.78, 5) is 24.7. The lowest BCUT2D eigenvalue weighted by Gasteiger charge is -2.13. The van der Waals surface area contributed by atoms with Crippen molar-refractivity contribution >= 4 is 65.2 Å². The number of pyridine rings is 5. The van der Waals surface area contributed by atoms with Crippen LogP contribution in [-0.2, 0) is 0 Å². The first kappa shape index (κ1) is 30.3. The Morgan fingerprint density at radius 3 is 1.54 bits per heavy atom. The topological polar surface area (TPSA) is 64.5 Å². The van der Waals surface area contributed by atoms with Crippen LogP contribution in [0.15, 0.2) is 176 Å². The average Bonchev–Trinajstić information content (AvgIpc) is 3.24. The highest BCUT2D eigenvalue weighted by molar-refractivity contribution is 6.07. The average molecular weight is 688 g/mol. The molecule has 5 heterocycles. The summed E-state index contributed by atoms with van der Waals surface area (Å²) in [5, 5.41) is 8.86. The van der Waals surface area contributed by atoms with E-state index in [0.717, 1.165) is 110 Å². The molecule has 0 bridgehead atoms. The normalized spacial score (nSPS) is 11.7. The number of aromatic nitrogens is 5. The molecule has 5 nitrogen and oxygen atoms in total. The second-order valence-corrected chi connectivity index (χ2v) is 13.7. The molecule has 0 radical (unpaired) electrons. The van der Waals surface area contributed by atoms with E-state index < -0.39 is 0 Å². The summed E-state index contributed by atoms with van der Waals surface area (Å²) in [5.74, 6) is 0. The van der Waals surface area contributed by atoms with Gasteiger partial charge in [0.15, 0.2) is 0 Å². The number of benzene rings is 6. The van der Waals surface area contributed by atoms with Gasteiger partial charge in [0.05, 0.1) is 39.1 Å². The smallest absolute Gasteiger partial charge is 0.0972 e. The summed E-state index contributed by atoms with van der Waals surface area (Å²) >= 11 is 0. The van der Waals surface area contributed by atoms with Crippen molar-refractivity contribution in [3.8, 4) is 44.9 Å². The Labute approximate surface area is 310 Å². The molecule has 6 aromatic carbocycles. The summed E-state index contributed by atoms with van der Waals surface area (Å²) in [7, 11) is 0. The van der Waals surface area contributed by atoms with E-state index in [-0.39, 0.29) is 0 Å². The van der Waals surface area contributed by atoms with Crippen LogP contribution in [0.1, 0.15) is 0 Å². The third-order valence-electron chi connectivity index (χ3n) is 10.6. The molecule has 0 amide bonds. The zero-order chi connectivity index (χ0) is 35.6. The van der Waals surface area contributed by atoms with Crippen LogP contribution in [0.25, 0.3) is 110 Å². The molecule has 0 aliphatic rings. The third-order valence-corrected chi connectivity index (χ3v) is 10.6. The Morgan fingerprint density at radius 1 is 0.333 bits per heavy atom. The summed E-state index contributed by atoms with van der Waals surface area (Å²) in [6.07, 6.45) is 5.64. The highest BCUT2D eigenvalue weighted by Crippen LogP contribution is 2.37. The van der Waals surface area contributed by atoms with Crippen molar-refractivity contribution < 1.29 is 0 Å². The first-order chi connectivity index (χ1) is 26.7. The van der Waals surface area contributed by atoms with E-state index in [4.69, 9.17) is 15.0 Å². The van der Waals surface area contributed by atoms with Gasteiger partial charge in [0, 0.05) is 62.2 Å². The summed E-state index contributed by atoms with van der Waals surface area (Å²) < 4.78 is 0. The first-order valence-corrected chi connectivity index (χ1v) is 18.1. The molecule has 11 rings (SSSR count). The second kappa shape index (κ2) is 12.1.